The zero-order chi connectivity index (χ0) is 26.0. The van der Waals surface area contributed by atoms with Gasteiger partial charge in [-0.05, 0) is 48.4 Å². The normalized spacial score (nSPS) is 10.8. The lowest BCUT2D eigenvalue weighted by Gasteiger charge is -2.12. The third kappa shape index (κ3) is 10.0. The first-order chi connectivity index (χ1) is 16.5. The van der Waals surface area contributed by atoms with E-state index in [-0.39, 0.29) is 5.56 Å². The molecule has 0 fully saturated rings. The van der Waals surface area contributed by atoms with Crippen molar-refractivity contribution in [3.63, 3.8) is 0 Å². The van der Waals surface area contributed by atoms with Gasteiger partial charge in [-0.1, -0.05) is 12.1 Å². The Balaban J connectivity index is 0.000000784. The van der Waals surface area contributed by atoms with E-state index in [0.717, 1.165) is 11.6 Å². The predicted molar refractivity (Wildman–Crippen MR) is 125 cm³/mol. The summed E-state index contributed by atoms with van der Waals surface area (Å²) in [5.41, 5.74) is 6.88. The zero-order valence-electron chi connectivity index (χ0n) is 19.0. The maximum absolute atomic E-state index is 13.7. The minimum atomic E-state index is -3.67. The number of amides is 1. The summed E-state index contributed by atoms with van der Waals surface area (Å²) in [6.07, 6.45) is 2.50. The maximum Gasteiger partial charge on any atom is 0.261 e. The molecule has 1 aromatic heterocycles. The summed E-state index contributed by atoms with van der Waals surface area (Å²) >= 11 is 0. The molecule has 1 heterocycles. The Hall–Kier alpha value is -3.61. The average Bonchev–Trinajstić information content (AvgIpc) is 2.78. The monoisotopic (exact) mass is 509 g/mol. The second-order valence-corrected chi connectivity index (χ2v) is 8.70. The molecule has 4 N–H and O–H groups in total. The van der Waals surface area contributed by atoms with Gasteiger partial charge in [0.1, 0.15) is 11.6 Å². The first-order valence-electron chi connectivity index (χ1n) is 10.1. The molecule has 3 aromatic rings. The number of hydrogen-bond acceptors (Lipinski definition) is 7. The van der Waals surface area contributed by atoms with Crippen LogP contribution < -0.4 is 20.5 Å². The molecule has 0 saturated heterocycles. The summed E-state index contributed by atoms with van der Waals surface area (Å²) in [5.74, 6) is -0.417. The summed E-state index contributed by atoms with van der Waals surface area (Å²) in [6.45, 7) is 1.06. The average molecular weight is 510 g/mol. The highest BCUT2D eigenvalue weighted by Gasteiger charge is 2.09. The van der Waals surface area contributed by atoms with Crippen molar-refractivity contribution in [1.29, 1.82) is 0 Å². The number of carbonyl (C=O) groups is 1. The van der Waals surface area contributed by atoms with E-state index in [1.807, 2.05) is 12.1 Å². The molecule has 0 aliphatic heterocycles. The summed E-state index contributed by atoms with van der Waals surface area (Å²) in [6, 6.07) is 12.1. The lowest BCUT2D eigenvalue weighted by atomic mass is 10.1. The van der Waals surface area contributed by atoms with E-state index in [0.29, 0.717) is 48.7 Å². The smallest absolute Gasteiger partial charge is 0.261 e. The van der Waals surface area contributed by atoms with Gasteiger partial charge < -0.3 is 20.5 Å². The number of ether oxygens (including phenoxy) is 2. The van der Waals surface area contributed by atoms with E-state index in [9.17, 15) is 22.0 Å². The Labute approximate surface area is 201 Å². The van der Waals surface area contributed by atoms with Crippen LogP contribution in [0, 0.1) is 11.6 Å². The SMILES string of the molecule is COc1cc(CNCCc2ccc(F)cc2F)ccc1Oc1ccc(C(N)=O)cn1.CS(=O)(=O)O. The summed E-state index contributed by atoms with van der Waals surface area (Å²) in [7, 11) is -2.14. The van der Waals surface area contributed by atoms with Gasteiger partial charge in [0, 0.05) is 24.9 Å². The Morgan fingerprint density at radius 2 is 1.83 bits per heavy atom. The van der Waals surface area contributed by atoms with E-state index < -0.39 is 27.7 Å². The van der Waals surface area contributed by atoms with Crippen molar-refractivity contribution in [2.45, 2.75) is 13.0 Å². The molecule has 0 bridgehead atoms. The van der Waals surface area contributed by atoms with Gasteiger partial charge in [-0.2, -0.15) is 8.42 Å². The predicted octanol–water partition coefficient (Wildman–Crippen LogP) is 3.10. The number of nitrogens with one attached hydrogen (secondary N) is 1. The Morgan fingerprint density at radius 3 is 2.40 bits per heavy atom. The minimum Gasteiger partial charge on any atom is -0.493 e. The highest BCUT2D eigenvalue weighted by Crippen LogP contribution is 2.31. The van der Waals surface area contributed by atoms with E-state index in [4.69, 9.17) is 19.8 Å². The zero-order valence-corrected chi connectivity index (χ0v) is 19.8. The van der Waals surface area contributed by atoms with Crippen LogP contribution in [0.5, 0.6) is 17.4 Å². The summed E-state index contributed by atoms with van der Waals surface area (Å²) in [4.78, 5) is 15.2. The molecular weight excluding hydrogens is 484 g/mol. The molecule has 35 heavy (non-hydrogen) atoms. The van der Waals surface area contributed by atoms with Gasteiger partial charge in [-0.3, -0.25) is 9.35 Å². The van der Waals surface area contributed by atoms with Gasteiger partial charge in [0.15, 0.2) is 11.5 Å². The molecule has 1 amide bonds. The number of hydrogen-bond donors (Lipinski definition) is 3. The largest absolute Gasteiger partial charge is 0.493 e. The molecule has 2 aromatic carbocycles. The highest BCUT2D eigenvalue weighted by atomic mass is 32.2. The molecular formula is C23H25F2N3O6S. The Kier molecular flexibility index (Phi) is 10.1. The van der Waals surface area contributed by atoms with Crippen LogP contribution in [0.3, 0.4) is 0 Å². The van der Waals surface area contributed by atoms with E-state index in [1.54, 1.807) is 12.1 Å². The van der Waals surface area contributed by atoms with Gasteiger partial charge in [0.25, 0.3) is 10.1 Å². The van der Waals surface area contributed by atoms with Crippen LogP contribution in [0.2, 0.25) is 0 Å². The lowest BCUT2D eigenvalue weighted by molar-refractivity contribution is 0.1000. The van der Waals surface area contributed by atoms with Crippen molar-refractivity contribution in [3.05, 3.63) is 83.1 Å². The van der Waals surface area contributed by atoms with E-state index in [2.05, 4.69) is 10.3 Å². The molecule has 9 nitrogen and oxygen atoms in total. The van der Waals surface area contributed by atoms with Crippen molar-refractivity contribution in [2.24, 2.45) is 5.73 Å². The number of primary amides is 1. The maximum atomic E-state index is 13.7. The number of rotatable bonds is 9. The third-order valence-electron chi connectivity index (χ3n) is 4.38. The lowest BCUT2D eigenvalue weighted by Crippen LogP contribution is -2.17. The molecule has 3 rings (SSSR count). The van der Waals surface area contributed by atoms with Crippen LogP contribution in [0.25, 0.3) is 0 Å². The third-order valence-corrected chi connectivity index (χ3v) is 4.38. The highest BCUT2D eigenvalue weighted by molar-refractivity contribution is 7.85. The number of methoxy groups -OCH3 is 1. The molecule has 0 saturated carbocycles. The van der Waals surface area contributed by atoms with Gasteiger partial charge in [-0.25, -0.2) is 13.8 Å². The second-order valence-electron chi connectivity index (χ2n) is 7.23. The standard InChI is InChI=1S/C22H21F2N3O3.CH4O3S/c1-29-20-10-14(12-26-9-8-15-3-5-17(23)11-18(15)24)2-6-19(20)30-21-7-4-16(13-27-21)22(25)28;1-5(2,3)4/h2-7,10-11,13,26H,8-9,12H2,1H3,(H2,25,28);1H3,(H,2,3,4). The van der Waals surface area contributed by atoms with Crippen LogP contribution >= 0.6 is 0 Å². The summed E-state index contributed by atoms with van der Waals surface area (Å²) < 4.78 is 63.6. The van der Waals surface area contributed by atoms with Crippen molar-refractivity contribution < 1.29 is 36.0 Å². The van der Waals surface area contributed by atoms with Gasteiger partial charge in [0.2, 0.25) is 11.8 Å². The second kappa shape index (κ2) is 12.7. The number of halogens is 2. The number of pyridine rings is 1. The molecule has 0 aliphatic rings. The molecule has 0 atom stereocenters. The molecule has 188 valence electrons. The molecule has 12 heteroatoms. The fraction of sp³-hybridized carbons (Fsp3) is 0.217. The quantitative estimate of drug-likeness (QED) is 0.295. The van der Waals surface area contributed by atoms with Crippen LogP contribution in [0.4, 0.5) is 8.78 Å². The number of nitrogens with zero attached hydrogens (tertiary/aromatic N) is 1. The number of aromatic nitrogens is 1. The number of benzene rings is 2. The van der Waals surface area contributed by atoms with Crippen LogP contribution in [0.15, 0.2) is 54.7 Å². The first kappa shape index (κ1) is 27.6. The van der Waals surface area contributed by atoms with Crippen LogP contribution in [0.1, 0.15) is 21.5 Å². The van der Waals surface area contributed by atoms with Crippen LogP contribution in [-0.2, 0) is 23.1 Å². The summed E-state index contributed by atoms with van der Waals surface area (Å²) in [5, 5.41) is 3.22. The molecule has 0 aliphatic carbocycles. The van der Waals surface area contributed by atoms with E-state index >= 15 is 0 Å². The van der Waals surface area contributed by atoms with Crippen molar-refractivity contribution >= 4 is 16.0 Å². The van der Waals surface area contributed by atoms with Gasteiger partial charge >= 0.3 is 0 Å². The fourth-order valence-corrected chi connectivity index (χ4v) is 2.79. The Morgan fingerprint density at radius 1 is 1.11 bits per heavy atom. The van der Waals surface area contributed by atoms with Gasteiger partial charge in [-0.15, -0.1) is 0 Å². The van der Waals surface area contributed by atoms with E-state index in [1.165, 1.54) is 31.5 Å². The topological polar surface area (TPSA) is 141 Å². The fourth-order valence-electron chi connectivity index (χ4n) is 2.79. The van der Waals surface area contributed by atoms with Crippen molar-refractivity contribution in [1.82, 2.24) is 10.3 Å². The Bertz CT molecular complexity index is 1250. The molecule has 0 unspecified atom stereocenters. The van der Waals surface area contributed by atoms with Crippen LogP contribution in [-0.4, -0.2) is 43.8 Å². The molecule has 0 radical (unpaired) electrons. The van der Waals surface area contributed by atoms with Gasteiger partial charge in [0.05, 0.1) is 18.9 Å². The minimum absolute atomic E-state index is 0.288. The molecule has 0 spiro atoms. The van der Waals surface area contributed by atoms with Crippen molar-refractivity contribution in [3.8, 4) is 17.4 Å². The number of nitrogens with two attached hydrogens (primary N) is 1. The first-order valence-corrected chi connectivity index (χ1v) is 12.0. The number of carbonyl (C=O) groups excluding carboxylic acids is 1. The van der Waals surface area contributed by atoms with Crippen molar-refractivity contribution in [2.75, 3.05) is 19.9 Å².